The highest BCUT2D eigenvalue weighted by molar-refractivity contribution is 5.78. The number of amides is 1. The lowest BCUT2D eigenvalue weighted by Gasteiger charge is -2.35. The van der Waals surface area contributed by atoms with Gasteiger partial charge in [-0.15, -0.1) is 0 Å². The van der Waals surface area contributed by atoms with Crippen molar-refractivity contribution in [2.45, 2.75) is 32.2 Å². The molecule has 1 aromatic rings. The van der Waals surface area contributed by atoms with Gasteiger partial charge >= 0.3 is 0 Å². The molecule has 0 bridgehead atoms. The molecule has 2 saturated heterocycles. The first-order valence-corrected chi connectivity index (χ1v) is 9.08. The van der Waals surface area contributed by atoms with E-state index in [4.69, 9.17) is 0 Å². The van der Waals surface area contributed by atoms with Crippen LogP contribution in [0.25, 0.3) is 0 Å². The molecule has 2 heterocycles. The lowest BCUT2D eigenvalue weighted by molar-refractivity contribution is -0.134. The molecular weight excluding hydrogens is 286 g/mol. The van der Waals surface area contributed by atoms with Crippen molar-refractivity contribution < 1.29 is 4.79 Å². The van der Waals surface area contributed by atoms with Gasteiger partial charge < -0.3 is 4.90 Å². The SMILES string of the molecule is O=C(CN1CCCCCC1)N1CCN(Cc2ccccc2)CC1. The number of rotatable bonds is 4. The number of likely N-dealkylation sites (tertiary alicyclic amines) is 1. The molecule has 23 heavy (non-hydrogen) atoms. The van der Waals surface area contributed by atoms with E-state index in [9.17, 15) is 4.79 Å². The summed E-state index contributed by atoms with van der Waals surface area (Å²) >= 11 is 0. The van der Waals surface area contributed by atoms with Crippen LogP contribution in [0.1, 0.15) is 31.2 Å². The van der Waals surface area contributed by atoms with Gasteiger partial charge in [0.05, 0.1) is 6.54 Å². The zero-order valence-electron chi connectivity index (χ0n) is 14.1. The van der Waals surface area contributed by atoms with Crippen LogP contribution < -0.4 is 0 Å². The van der Waals surface area contributed by atoms with Gasteiger partial charge in [-0.1, -0.05) is 43.2 Å². The van der Waals surface area contributed by atoms with Gasteiger partial charge in [0.1, 0.15) is 0 Å². The van der Waals surface area contributed by atoms with Crippen molar-refractivity contribution in [2.75, 3.05) is 45.8 Å². The third-order valence-corrected chi connectivity index (χ3v) is 5.03. The highest BCUT2D eigenvalue weighted by Crippen LogP contribution is 2.11. The summed E-state index contributed by atoms with van der Waals surface area (Å²) in [6, 6.07) is 10.6. The Morgan fingerprint density at radius 2 is 1.43 bits per heavy atom. The van der Waals surface area contributed by atoms with Crippen molar-refractivity contribution in [1.82, 2.24) is 14.7 Å². The maximum atomic E-state index is 12.5. The van der Waals surface area contributed by atoms with Crippen LogP contribution in [0.4, 0.5) is 0 Å². The molecule has 1 aromatic carbocycles. The van der Waals surface area contributed by atoms with Crippen LogP contribution in [0.5, 0.6) is 0 Å². The number of nitrogens with zero attached hydrogens (tertiary/aromatic N) is 3. The summed E-state index contributed by atoms with van der Waals surface area (Å²) < 4.78 is 0. The average molecular weight is 315 g/mol. The lowest BCUT2D eigenvalue weighted by atomic mass is 10.2. The molecule has 2 aliphatic rings. The van der Waals surface area contributed by atoms with Gasteiger partial charge in [-0.05, 0) is 31.5 Å². The average Bonchev–Trinajstić information content (AvgIpc) is 2.85. The molecule has 0 aliphatic carbocycles. The molecule has 0 aromatic heterocycles. The second-order valence-electron chi connectivity index (χ2n) is 6.83. The molecule has 3 rings (SSSR count). The third-order valence-electron chi connectivity index (χ3n) is 5.03. The van der Waals surface area contributed by atoms with E-state index in [0.717, 1.165) is 45.8 Å². The van der Waals surface area contributed by atoms with Crippen molar-refractivity contribution >= 4 is 5.91 Å². The Balaban J connectivity index is 1.42. The van der Waals surface area contributed by atoms with E-state index < -0.39 is 0 Å². The Labute approximate surface area is 140 Å². The van der Waals surface area contributed by atoms with Crippen LogP contribution >= 0.6 is 0 Å². The Bertz CT molecular complexity index is 475. The van der Waals surface area contributed by atoms with Crippen LogP contribution in [0, 0.1) is 0 Å². The number of hydrogen-bond donors (Lipinski definition) is 0. The first kappa shape index (κ1) is 16.5. The summed E-state index contributed by atoms with van der Waals surface area (Å²) in [5, 5.41) is 0. The molecule has 4 heteroatoms. The summed E-state index contributed by atoms with van der Waals surface area (Å²) in [6.45, 7) is 7.54. The molecule has 126 valence electrons. The van der Waals surface area contributed by atoms with Crippen LogP contribution in [0.15, 0.2) is 30.3 Å². The fourth-order valence-electron chi connectivity index (χ4n) is 3.58. The highest BCUT2D eigenvalue weighted by Gasteiger charge is 2.23. The first-order valence-electron chi connectivity index (χ1n) is 9.08. The number of carbonyl (C=O) groups is 1. The number of piperazine rings is 1. The number of benzene rings is 1. The highest BCUT2D eigenvalue weighted by atomic mass is 16.2. The smallest absolute Gasteiger partial charge is 0.236 e. The molecule has 2 aliphatic heterocycles. The molecule has 0 unspecified atom stereocenters. The van der Waals surface area contributed by atoms with E-state index >= 15 is 0 Å². The first-order chi connectivity index (χ1) is 11.3. The maximum absolute atomic E-state index is 12.5. The molecule has 2 fully saturated rings. The van der Waals surface area contributed by atoms with Gasteiger partial charge in [0, 0.05) is 32.7 Å². The van der Waals surface area contributed by atoms with E-state index in [1.54, 1.807) is 0 Å². The van der Waals surface area contributed by atoms with Crippen LogP contribution in [-0.2, 0) is 11.3 Å². The van der Waals surface area contributed by atoms with E-state index in [0.29, 0.717) is 12.5 Å². The lowest BCUT2D eigenvalue weighted by Crippen LogP contribution is -2.51. The fraction of sp³-hybridized carbons (Fsp3) is 0.632. The summed E-state index contributed by atoms with van der Waals surface area (Å²) in [5.74, 6) is 0.325. The molecule has 0 saturated carbocycles. The minimum absolute atomic E-state index is 0.325. The predicted molar refractivity (Wildman–Crippen MR) is 93.2 cm³/mol. The second kappa shape index (κ2) is 8.46. The Morgan fingerprint density at radius 1 is 0.783 bits per heavy atom. The zero-order chi connectivity index (χ0) is 15.9. The fourth-order valence-corrected chi connectivity index (χ4v) is 3.58. The van der Waals surface area contributed by atoms with Crippen LogP contribution in [0.3, 0.4) is 0 Å². The van der Waals surface area contributed by atoms with Gasteiger partial charge in [0.2, 0.25) is 5.91 Å². The third kappa shape index (κ3) is 5.05. The maximum Gasteiger partial charge on any atom is 0.236 e. The van der Waals surface area contributed by atoms with Crippen molar-refractivity contribution in [3.8, 4) is 0 Å². The van der Waals surface area contributed by atoms with Crippen molar-refractivity contribution in [2.24, 2.45) is 0 Å². The summed E-state index contributed by atoms with van der Waals surface area (Å²) in [5.41, 5.74) is 1.36. The van der Waals surface area contributed by atoms with Crippen molar-refractivity contribution in [3.05, 3.63) is 35.9 Å². The Kier molecular flexibility index (Phi) is 6.06. The quantitative estimate of drug-likeness (QED) is 0.852. The molecular formula is C19H29N3O. The van der Waals surface area contributed by atoms with Crippen molar-refractivity contribution in [3.63, 3.8) is 0 Å². The van der Waals surface area contributed by atoms with E-state index in [-0.39, 0.29) is 0 Å². The van der Waals surface area contributed by atoms with E-state index in [1.807, 2.05) is 0 Å². The van der Waals surface area contributed by atoms with Gasteiger partial charge in [-0.3, -0.25) is 14.6 Å². The molecule has 0 N–H and O–H groups in total. The molecule has 1 amide bonds. The second-order valence-corrected chi connectivity index (χ2v) is 6.83. The Morgan fingerprint density at radius 3 is 2.09 bits per heavy atom. The monoisotopic (exact) mass is 315 g/mol. The van der Waals surface area contributed by atoms with Gasteiger partial charge in [-0.2, -0.15) is 0 Å². The van der Waals surface area contributed by atoms with Crippen molar-refractivity contribution in [1.29, 1.82) is 0 Å². The minimum Gasteiger partial charge on any atom is -0.339 e. The largest absolute Gasteiger partial charge is 0.339 e. The van der Waals surface area contributed by atoms with Gasteiger partial charge in [0.15, 0.2) is 0 Å². The number of carbonyl (C=O) groups excluding carboxylic acids is 1. The van der Waals surface area contributed by atoms with E-state index in [1.165, 1.54) is 31.2 Å². The minimum atomic E-state index is 0.325. The number of hydrogen-bond acceptors (Lipinski definition) is 3. The molecule has 0 atom stereocenters. The zero-order valence-corrected chi connectivity index (χ0v) is 14.1. The summed E-state index contributed by atoms with van der Waals surface area (Å²) in [4.78, 5) is 19.4. The van der Waals surface area contributed by atoms with Gasteiger partial charge in [0.25, 0.3) is 0 Å². The van der Waals surface area contributed by atoms with E-state index in [2.05, 4.69) is 45.0 Å². The summed E-state index contributed by atoms with van der Waals surface area (Å²) in [6.07, 6.45) is 5.14. The topological polar surface area (TPSA) is 26.8 Å². The van der Waals surface area contributed by atoms with Crippen LogP contribution in [0.2, 0.25) is 0 Å². The van der Waals surface area contributed by atoms with Crippen LogP contribution in [-0.4, -0.2) is 66.4 Å². The predicted octanol–water partition coefficient (Wildman–Crippen LogP) is 2.21. The molecule has 0 radical (unpaired) electrons. The summed E-state index contributed by atoms with van der Waals surface area (Å²) in [7, 11) is 0. The molecule has 0 spiro atoms. The Hall–Kier alpha value is -1.39. The van der Waals surface area contributed by atoms with Gasteiger partial charge in [-0.25, -0.2) is 0 Å². The molecule has 4 nitrogen and oxygen atoms in total. The standard InChI is InChI=1S/C19H29N3O/c23-19(17-20-10-6-1-2-7-11-20)22-14-12-21(13-15-22)16-18-8-4-3-5-9-18/h3-5,8-9H,1-2,6-7,10-17H2. The normalized spacial score (nSPS) is 21.1.